The maximum Gasteiger partial charge on any atom is 0.207 e. The van der Waals surface area contributed by atoms with Crippen LogP contribution in [0.15, 0.2) is 24.4 Å². The Kier molecular flexibility index (Phi) is 4.57. The van der Waals surface area contributed by atoms with Crippen LogP contribution in [0.5, 0.6) is 5.75 Å². The van der Waals surface area contributed by atoms with E-state index in [1.54, 1.807) is 19.2 Å². The van der Waals surface area contributed by atoms with Crippen LogP contribution in [-0.4, -0.2) is 36.9 Å². The summed E-state index contributed by atoms with van der Waals surface area (Å²) in [7, 11) is 3.09. The lowest BCUT2D eigenvalue weighted by molar-refractivity contribution is 0.210. The first-order chi connectivity index (χ1) is 9.65. The van der Waals surface area contributed by atoms with Gasteiger partial charge in [0.2, 0.25) is 5.95 Å². The molecule has 0 radical (unpaired) electrons. The molecule has 2 rings (SSSR count). The number of nitrogens with one attached hydrogen (secondary N) is 1. The van der Waals surface area contributed by atoms with Crippen LogP contribution in [0.3, 0.4) is 0 Å². The van der Waals surface area contributed by atoms with Crippen LogP contribution in [0, 0.1) is 12.7 Å². The van der Waals surface area contributed by atoms with Crippen LogP contribution in [0.4, 0.5) is 10.3 Å². The summed E-state index contributed by atoms with van der Waals surface area (Å²) in [5, 5.41) is 3.18. The van der Waals surface area contributed by atoms with E-state index >= 15 is 0 Å². The molecule has 1 aromatic heterocycles. The predicted octanol–water partition coefficient (Wildman–Crippen LogP) is 2.39. The maximum atomic E-state index is 13.5. The molecule has 20 heavy (non-hydrogen) atoms. The van der Waals surface area contributed by atoms with Crippen molar-refractivity contribution < 1.29 is 13.9 Å². The van der Waals surface area contributed by atoms with Gasteiger partial charge >= 0.3 is 0 Å². The topological polar surface area (TPSA) is 48.3 Å². The number of aromatic nitrogens is 2. The van der Waals surface area contributed by atoms with Crippen molar-refractivity contribution in [1.29, 1.82) is 0 Å². The molecule has 0 atom stereocenters. The molecule has 0 unspecified atom stereocenters. The van der Waals surface area contributed by atoms with Crippen LogP contribution in [0.25, 0.3) is 5.69 Å². The highest BCUT2D eigenvalue weighted by Crippen LogP contribution is 2.23. The number of hydrogen-bond acceptors (Lipinski definition) is 4. The van der Waals surface area contributed by atoms with E-state index in [1.165, 1.54) is 13.2 Å². The standard InChI is InChI=1S/C14H18FN3O2/c1-10-9-18(14(17-10)16-6-7-19-2)11-4-5-12(15)13(8-11)20-3/h4-5,8-9H,6-7H2,1-3H3,(H,16,17). The number of ether oxygens (including phenoxy) is 2. The molecule has 108 valence electrons. The van der Waals surface area contributed by atoms with Crippen LogP contribution in [0.1, 0.15) is 5.69 Å². The summed E-state index contributed by atoms with van der Waals surface area (Å²) in [5.41, 5.74) is 1.65. The molecular formula is C14H18FN3O2. The zero-order valence-electron chi connectivity index (χ0n) is 11.8. The van der Waals surface area contributed by atoms with Gasteiger partial charge in [-0.05, 0) is 19.1 Å². The normalized spacial score (nSPS) is 10.6. The van der Waals surface area contributed by atoms with Crippen molar-refractivity contribution in [3.05, 3.63) is 35.9 Å². The number of benzene rings is 1. The van der Waals surface area contributed by atoms with Crippen LogP contribution < -0.4 is 10.1 Å². The minimum Gasteiger partial charge on any atom is -0.494 e. The Morgan fingerprint density at radius 1 is 1.35 bits per heavy atom. The van der Waals surface area contributed by atoms with Crippen molar-refractivity contribution >= 4 is 5.95 Å². The third-order valence-corrected chi connectivity index (χ3v) is 2.83. The van der Waals surface area contributed by atoms with E-state index < -0.39 is 0 Å². The van der Waals surface area contributed by atoms with Gasteiger partial charge in [-0.3, -0.25) is 4.57 Å². The van der Waals surface area contributed by atoms with Gasteiger partial charge in [-0.2, -0.15) is 0 Å². The minimum absolute atomic E-state index is 0.205. The second kappa shape index (κ2) is 6.38. The van der Waals surface area contributed by atoms with Crippen molar-refractivity contribution in [3.63, 3.8) is 0 Å². The SMILES string of the molecule is COCCNc1nc(C)cn1-c1ccc(F)c(OC)c1. The first-order valence-electron chi connectivity index (χ1n) is 6.28. The van der Waals surface area contributed by atoms with E-state index in [1.807, 2.05) is 17.7 Å². The van der Waals surface area contributed by atoms with Gasteiger partial charge in [-0.1, -0.05) is 0 Å². The molecule has 0 aliphatic carbocycles. The first kappa shape index (κ1) is 14.3. The molecule has 0 spiro atoms. The monoisotopic (exact) mass is 279 g/mol. The summed E-state index contributed by atoms with van der Waals surface area (Å²) in [6, 6.07) is 4.70. The van der Waals surface area contributed by atoms with E-state index in [-0.39, 0.29) is 11.6 Å². The second-order valence-electron chi connectivity index (χ2n) is 4.31. The Labute approximate surface area is 117 Å². The van der Waals surface area contributed by atoms with Gasteiger partial charge in [0.05, 0.1) is 25.1 Å². The zero-order chi connectivity index (χ0) is 14.5. The summed E-state index contributed by atoms with van der Waals surface area (Å²) < 4.78 is 25.3. The molecule has 0 aliphatic heterocycles. The molecule has 0 saturated carbocycles. The Balaban J connectivity index is 2.31. The minimum atomic E-state index is -0.387. The Morgan fingerprint density at radius 2 is 2.15 bits per heavy atom. The largest absolute Gasteiger partial charge is 0.494 e. The molecule has 1 heterocycles. The van der Waals surface area contributed by atoms with Crippen molar-refractivity contribution in [2.24, 2.45) is 0 Å². The predicted molar refractivity (Wildman–Crippen MR) is 75.2 cm³/mol. The van der Waals surface area contributed by atoms with E-state index in [0.29, 0.717) is 19.1 Å². The van der Waals surface area contributed by atoms with Crippen molar-refractivity contribution in [3.8, 4) is 11.4 Å². The highest BCUT2D eigenvalue weighted by atomic mass is 19.1. The van der Waals surface area contributed by atoms with Gasteiger partial charge < -0.3 is 14.8 Å². The van der Waals surface area contributed by atoms with E-state index in [2.05, 4.69) is 10.3 Å². The third-order valence-electron chi connectivity index (χ3n) is 2.83. The number of methoxy groups -OCH3 is 2. The Hall–Kier alpha value is -2.08. The Morgan fingerprint density at radius 3 is 2.85 bits per heavy atom. The molecular weight excluding hydrogens is 261 g/mol. The molecule has 6 heteroatoms. The molecule has 2 aromatic rings. The van der Waals surface area contributed by atoms with E-state index in [0.717, 1.165) is 11.4 Å². The number of hydrogen-bond donors (Lipinski definition) is 1. The van der Waals surface area contributed by atoms with Crippen molar-refractivity contribution in [2.45, 2.75) is 6.92 Å². The van der Waals surface area contributed by atoms with E-state index in [9.17, 15) is 4.39 Å². The number of anilines is 1. The van der Waals surface area contributed by atoms with Crippen LogP contribution in [-0.2, 0) is 4.74 Å². The average Bonchev–Trinajstić information content (AvgIpc) is 2.81. The van der Waals surface area contributed by atoms with Crippen LogP contribution in [0.2, 0.25) is 0 Å². The lowest BCUT2D eigenvalue weighted by Crippen LogP contribution is -2.11. The molecule has 0 bridgehead atoms. The van der Waals surface area contributed by atoms with Crippen LogP contribution >= 0.6 is 0 Å². The quantitative estimate of drug-likeness (QED) is 0.825. The second-order valence-corrected chi connectivity index (χ2v) is 4.31. The molecule has 0 amide bonds. The molecule has 1 aromatic carbocycles. The summed E-state index contributed by atoms with van der Waals surface area (Å²) in [6.45, 7) is 3.13. The van der Waals surface area contributed by atoms with Gasteiger partial charge in [0.15, 0.2) is 11.6 Å². The highest BCUT2D eigenvalue weighted by molar-refractivity contribution is 5.47. The van der Waals surface area contributed by atoms with Crippen molar-refractivity contribution in [1.82, 2.24) is 9.55 Å². The van der Waals surface area contributed by atoms with Gasteiger partial charge in [0.25, 0.3) is 0 Å². The van der Waals surface area contributed by atoms with Gasteiger partial charge in [0.1, 0.15) is 0 Å². The molecule has 1 N–H and O–H groups in total. The zero-order valence-corrected chi connectivity index (χ0v) is 11.8. The lowest BCUT2D eigenvalue weighted by Gasteiger charge is -2.11. The number of halogens is 1. The summed E-state index contributed by atoms with van der Waals surface area (Å²) in [6.07, 6.45) is 1.88. The first-order valence-corrected chi connectivity index (χ1v) is 6.28. The number of rotatable bonds is 6. The fraction of sp³-hybridized carbons (Fsp3) is 0.357. The molecule has 5 nitrogen and oxygen atoms in total. The van der Waals surface area contributed by atoms with E-state index in [4.69, 9.17) is 9.47 Å². The number of aryl methyl sites for hydroxylation is 1. The average molecular weight is 279 g/mol. The van der Waals surface area contributed by atoms with Crippen molar-refractivity contribution in [2.75, 3.05) is 32.7 Å². The fourth-order valence-electron chi connectivity index (χ4n) is 1.88. The number of imidazole rings is 1. The lowest BCUT2D eigenvalue weighted by atomic mass is 10.3. The smallest absolute Gasteiger partial charge is 0.207 e. The van der Waals surface area contributed by atoms with Gasteiger partial charge in [-0.25, -0.2) is 9.37 Å². The maximum absolute atomic E-state index is 13.5. The Bertz CT molecular complexity index is 584. The summed E-state index contributed by atoms with van der Waals surface area (Å²) in [5.74, 6) is 0.506. The molecule has 0 fully saturated rings. The third kappa shape index (κ3) is 3.08. The molecule has 0 saturated heterocycles. The number of nitrogens with zero attached hydrogens (tertiary/aromatic N) is 2. The van der Waals surface area contributed by atoms with Gasteiger partial charge in [-0.15, -0.1) is 0 Å². The molecule has 0 aliphatic rings. The summed E-state index contributed by atoms with van der Waals surface area (Å²) in [4.78, 5) is 4.40. The van der Waals surface area contributed by atoms with Gasteiger partial charge in [0, 0.05) is 25.9 Å². The highest BCUT2D eigenvalue weighted by Gasteiger charge is 2.10. The fourth-order valence-corrected chi connectivity index (χ4v) is 1.88. The summed E-state index contributed by atoms with van der Waals surface area (Å²) >= 11 is 0.